The summed E-state index contributed by atoms with van der Waals surface area (Å²) in [5.74, 6) is 0. The topological polar surface area (TPSA) is 75.3 Å². The highest BCUT2D eigenvalue weighted by atomic mass is 32.2. The van der Waals surface area contributed by atoms with Crippen LogP contribution >= 0.6 is 0 Å². The van der Waals surface area contributed by atoms with E-state index in [2.05, 4.69) is 10.2 Å². The number of halogens is 3. The number of H-pyrrole nitrogens is 1. The van der Waals surface area contributed by atoms with Crippen molar-refractivity contribution in [1.29, 1.82) is 0 Å². The molecule has 0 spiro atoms. The summed E-state index contributed by atoms with van der Waals surface area (Å²) in [6.45, 7) is 1.21. The number of fused-ring (bicyclic) bond motifs is 1. The fourth-order valence-corrected chi connectivity index (χ4v) is 4.60. The molecular formula is C18H16F3N3O3S. The van der Waals surface area contributed by atoms with Gasteiger partial charge in [0.05, 0.1) is 35.4 Å². The molecule has 0 amide bonds. The molecule has 148 valence electrons. The van der Waals surface area contributed by atoms with Crippen LogP contribution in [0.3, 0.4) is 0 Å². The molecule has 1 aromatic heterocycles. The number of ether oxygens (including phenoxy) is 1. The predicted molar refractivity (Wildman–Crippen MR) is 96.1 cm³/mol. The molecule has 0 saturated carbocycles. The van der Waals surface area contributed by atoms with Gasteiger partial charge in [-0.2, -0.15) is 22.6 Å². The Bertz CT molecular complexity index is 1100. The number of benzene rings is 2. The molecule has 1 aliphatic rings. The number of aromatic nitrogens is 2. The molecule has 1 N–H and O–H groups in total. The van der Waals surface area contributed by atoms with Crippen molar-refractivity contribution >= 4 is 20.9 Å². The summed E-state index contributed by atoms with van der Waals surface area (Å²) in [5, 5.41) is 6.90. The molecule has 0 atom stereocenters. The maximum absolute atomic E-state index is 13.2. The maximum Gasteiger partial charge on any atom is 0.416 e. The zero-order chi connectivity index (χ0) is 19.9. The number of hydrogen-bond donors (Lipinski definition) is 1. The van der Waals surface area contributed by atoms with Crippen LogP contribution in [0.25, 0.3) is 22.0 Å². The molecule has 10 heteroatoms. The van der Waals surface area contributed by atoms with E-state index in [1.54, 1.807) is 0 Å². The van der Waals surface area contributed by atoms with Gasteiger partial charge in [0.25, 0.3) is 0 Å². The van der Waals surface area contributed by atoms with Crippen LogP contribution in [0.1, 0.15) is 5.56 Å². The SMILES string of the molecule is O=S(=O)(c1ccc(-c2cc(C(F)(F)F)cc3[nH]ncc23)cc1)N1CCOCC1. The highest BCUT2D eigenvalue weighted by Gasteiger charge is 2.32. The molecule has 2 aromatic carbocycles. The second kappa shape index (κ2) is 6.87. The highest BCUT2D eigenvalue weighted by molar-refractivity contribution is 7.89. The lowest BCUT2D eigenvalue weighted by Crippen LogP contribution is -2.40. The highest BCUT2D eigenvalue weighted by Crippen LogP contribution is 2.37. The summed E-state index contributed by atoms with van der Waals surface area (Å²) in [7, 11) is -3.67. The lowest BCUT2D eigenvalue weighted by Gasteiger charge is -2.26. The Hall–Kier alpha value is -2.43. The van der Waals surface area contributed by atoms with Crippen molar-refractivity contribution in [3.8, 4) is 11.1 Å². The van der Waals surface area contributed by atoms with Crippen LogP contribution in [-0.4, -0.2) is 49.2 Å². The van der Waals surface area contributed by atoms with Crippen LogP contribution < -0.4 is 0 Å². The van der Waals surface area contributed by atoms with E-state index in [1.165, 1.54) is 34.8 Å². The van der Waals surface area contributed by atoms with Crippen molar-refractivity contribution < 1.29 is 26.3 Å². The van der Waals surface area contributed by atoms with E-state index in [-0.39, 0.29) is 23.5 Å². The minimum atomic E-state index is -4.51. The van der Waals surface area contributed by atoms with Gasteiger partial charge in [0.15, 0.2) is 0 Å². The van der Waals surface area contributed by atoms with E-state index in [1.807, 2.05) is 0 Å². The molecule has 0 unspecified atom stereocenters. The monoisotopic (exact) mass is 411 g/mol. The third kappa shape index (κ3) is 3.38. The molecular weight excluding hydrogens is 395 g/mol. The first-order valence-electron chi connectivity index (χ1n) is 8.49. The standard InChI is InChI=1S/C18H16F3N3O3S/c19-18(20,21)13-9-15(16-11-22-23-17(16)10-13)12-1-3-14(4-2-12)28(25,26)24-5-7-27-8-6-24/h1-4,9-11H,5-8H2,(H,22,23). The zero-order valence-electron chi connectivity index (χ0n) is 14.5. The van der Waals surface area contributed by atoms with E-state index in [0.717, 1.165) is 12.1 Å². The zero-order valence-corrected chi connectivity index (χ0v) is 15.3. The first kappa shape index (κ1) is 18.9. The summed E-state index contributed by atoms with van der Waals surface area (Å²) in [6, 6.07) is 7.88. The van der Waals surface area contributed by atoms with Crippen molar-refractivity contribution in [2.45, 2.75) is 11.1 Å². The molecule has 1 saturated heterocycles. The van der Waals surface area contributed by atoms with Crippen molar-refractivity contribution in [2.24, 2.45) is 0 Å². The van der Waals surface area contributed by atoms with Crippen LogP contribution in [0.2, 0.25) is 0 Å². The molecule has 0 radical (unpaired) electrons. The first-order valence-corrected chi connectivity index (χ1v) is 9.93. The van der Waals surface area contributed by atoms with E-state index in [4.69, 9.17) is 4.74 Å². The fourth-order valence-electron chi connectivity index (χ4n) is 3.20. The Labute approximate surface area is 159 Å². The second-order valence-electron chi connectivity index (χ2n) is 6.39. The lowest BCUT2D eigenvalue weighted by molar-refractivity contribution is -0.137. The van der Waals surface area contributed by atoms with Crippen LogP contribution in [0.5, 0.6) is 0 Å². The van der Waals surface area contributed by atoms with Gasteiger partial charge in [-0.05, 0) is 35.4 Å². The van der Waals surface area contributed by atoms with Gasteiger partial charge in [-0.15, -0.1) is 0 Å². The number of morpholine rings is 1. The van der Waals surface area contributed by atoms with Gasteiger partial charge in [-0.3, -0.25) is 5.10 Å². The van der Waals surface area contributed by atoms with E-state index in [0.29, 0.717) is 29.7 Å². The average molecular weight is 411 g/mol. The summed E-state index contributed by atoms with van der Waals surface area (Å²) in [6.07, 6.45) is -3.06. The number of hydrogen-bond acceptors (Lipinski definition) is 4. The van der Waals surface area contributed by atoms with Crippen molar-refractivity contribution in [3.05, 3.63) is 48.2 Å². The molecule has 1 fully saturated rings. The molecule has 3 aromatic rings. The van der Waals surface area contributed by atoms with Crippen LogP contribution in [-0.2, 0) is 20.9 Å². The molecule has 1 aliphatic heterocycles. The lowest BCUT2D eigenvalue weighted by atomic mass is 9.99. The Morgan fingerprint density at radius 1 is 1.07 bits per heavy atom. The summed E-state index contributed by atoms with van der Waals surface area (Å²) >= 11 is 0. The van der Waals surface area contributed by atoms with E-state index in [9.17, 15) is 21.6 Å². The van der Waals surface area contributed by atoms with Gasteiger partial charge in [-0.1, -0.05) is 12.1 Å². The third-order valence-electron chi connectivity index (χ3n) is 4.66. The quantitative estimate of drug-likeness (QED) is 0.718. The largest absolute Gasteiger partial charge is 0.416 e. The molecule has 28 heavy (non-hydrogen) atoms. The maximum atomic E-state index is 13.2. The van der Waals surface area contributed by atoms with Crippen LogP contribution in [0, 0.1) is 0 Å². The number of aromatic amines is 1. The third-order valence-corrected chi connectivity index (χ3v) is 6.57. The molecule has 4 rings (SSSR count). The van der Waals surface area contributed by atoms with E-state index >= 15 is 0 Å². The molecule has 6 nitrogen and oxygen atoms in total. The number of sulfonamides is 1. The summed E-state index contributed by atoms with van der Waals surface area (Å²) in [4.78, 5) is 0.0913. The second-order valence-corrected chi connectivity index (χ2v) is 8.33. The minimum Gasteiger partial charge on any atom is -0.379 e. The number of rotatable bonds is 3. The number of alkyl halides is 3. The fraction of sp³-hybridized carbons (Fsp3) is 0.278. The van der Waals surface area contributed by atoms with Gasteiger partial charge in [0.2, 0.25) is 10.0 Å². The number of nitrogens with one attached hydrogen (secondary N) is 1. The number of nitrogens with zero attached hydrogens (tertiary/aromatic N) is 2. The Morgan fingerprint density at radius 3 is 2.39 bits per heavy atom. The Balaban J connectivity index is 1.74. The van der Waals surface area contributed by atoms with Gasteiger partial charge in [0, 0.05) is 18.5 Å². The van der Waals surface area contributed by atoms with Gasteiger partial charge in [0.1, 0.15) is 0 Å². The summed E-state index contributed by atoms with van der Waals surface area (Å²) in [5.41, 5.74) is 0.256. The smallest absolute Gasteiger partial charge is 0.379 e. The van der Waals surface area contributed by atoms with E-state index < -0.39 is 21.8 Å². The van der Waals surface area contributed by atoms with Gasteiger partial charge in [-0.25, -0.2) is 8.42 Å². The minimum absolute atomic E-state index is 0.0913. The van der Waals surface area contributed by atoms with Crippen molar-refractivity contribution in [1.82, 2.24) is 14.5 Å². The van der Waals surface area contributed by atoms with Crippen molar-refractivity contribution in [2.75, 3.05) is 26.3 Å². The summed E-state index contributed by atoms with van der Waals surface area (Å²) < 4.78 is 71.6. The molecule has 2 heterocycles. The average Bonchev–Trinajstić information content (AvgIpc) is 3.16. The van der Waals surface area contributed by atoms with Crippen LogP contribution in [0.15, 0.2) is 47.5 Å². The van der Waals surface area contributed by atoms with Crippen molar-refractivity contribution in [3.63, 3.8) is 0 Å². The normalized spacial score (nSPS) is 16.5. The Morgan fingerprint density at radius 2 is 1.75 bits per heavy atom. The Kier molecular flexibility index (Phi) is 4.64. The van der Waals surface area contributed by atoms with Crippen LogP contribution in [0.4, 0.5) is 13.2 Å². The predicted octanol–water partition coefficient (Wildman–Crippen LogP) is 3.27. The first-order chi connectivity index (χ1) is 13.3. The molecule has 0 bridgehead atoms. The molecule has 0 aliphatic carbocycles. The van der Waals surface area contributed by atoms with Gasteiger partial charge >= 0.3 is 6.18 Å². The van der Waals surface area contributed by atoms with Gasteiger partial charge < -0.3 is 4.74 Å².